The third-order valence-electron chi connectivity index (χ3n) is 4.96. The molecule has 0 bridgehead atoms. The zero-order valence-corrected chi connectivity index (χ0v) is 16.5. The van der Waals surface area contributed by atoms with E-state index in [4.69, 9.17) is 4.74 Å². The largest absolute Gasteiger partial charge is 0.379 e. The predicted molar refractivity (Wildman–Crippen MR) is 106 cm³/mol. The average Bonchev–Trinajstić information content (AvgIpc) is 2.63. The Kier molecular flexibility index (Phi) is 6.21. The smallest absolute Gasteiger partial charge is 0.335 e. The number of nitrogens with one attached hydrogen (secondary N) is 1. The van der Waals surface area contributed by atoms with Crippen LogP contribution in [-0.2, 0) is 14.3 Å². The Morgan fingerprint density at radius 2 is 1.79 bits per heavy atom. The van der Waals surface area contributed by atoms with Crippen molar-refractivity contribution in [3.8, 4) is 0 Å². The van der Waals surface area contributed by atoms with Crippen LogP contribution in [0.2, 0.25) is 0 Å². The highest BCUT2D eigenvalue weighted by Crippen LogP contribution is 2.29. The fraction of sp³-hybridized carbons (Fsp3) is 0.500. The van der Waals surface area contributed by atoms with E-state index in [0.29, 0.717) is 25.4 Å². The van der Waals surface area contributed by atoms with E-state index >= 15 is 0 Å². The quantitative estimate of drug-likeness (QED) is 0.607. The van der Waals surface area contributed by atoms with E-state index < -0.39 is 23.8 Å². The number of rotatable bonds is 5. The van der Waals surface area contributed by atoms with E-state index in [1.807, 2.05) is 32.9 Å². The highest BCUT2D eigenvalue weighted by Gasteiger charge is 2.41. The maximum absolute atomic E-state index is 13.0. The first-order chi connectivity index (χ1) is 13.4. The van der Waals surface area contributed by atoms with Crippen molar-refractivity contribution >= 4 is 29.7 Å². The minimum absolute atomic E-state index is 0.480. The first-order valence-electron chi connectivity index (χ1n) is 9.45. The molecule has 8 heteroatoms. The van der Waals surface area contributed by atoms with Crippen molar-refractivity contribution in [2.24, 2.45) is 10.9 Å². The van der Waals surface area contributed by atoms with Gasteiger partial charge in [-0.25, -0.2) is 9.69 Å². The normalized spacial score (nSPS) is 21.5. The summed E-state index contributed by atoms with van der Waals surface area (Å²) in [7, 11) is 0. The molecule has 0 aromatic heterocycles. The molecule has 1 atom stereocenters. The average molecular weight is 386 g/mol. The third-order valence-corrected chi connectivity index (χ3v) is 4.96. The fourth-order valence-corrected chi connectivity index (χ4v) is 3.66. The second-order valence-electron chi connectivity index (χ2n) is 7.20. The van der Waals surface area contributed by atoms with E-state index in [-0.39, 0.29) is 0 Å². The van der Waals surface area contributed by atoms with Crippen LogP contribution in [0.15, 0.2) is 17.1 Å². The Morgan fingerprint density at radius 1 is 1.14 bits per heavy atom. The van der Waals surface area contributed by atoms with E-state index in [0.717, 1.165) is 41.2 Å². The van der Waals surface area contributed by atoms with Crippen LogP contribution in [0.1, 0.15) is 16.7 Å². The van der Waals surface area contributed by atoms with Crippen molar-refractivity contribution in [3.05, 3.63) is 28.8 Å². The minimum atomic E-state index is -1.11. The Bertz CT molecular complexity index is 791. The number of carbonyl (C=O) groups excluding carboxylic acids is 3. The molecule has 2 heterocycles. The maximum atomic E-state index is 13.0. The lowest BCUT2D eigenvalue weighted by molar-refractivity contribution is -0.131. The molecule has 1 N–H and O–H groups in total. The lowest BCUT2D eigenvalue weighted by Gasteiger charge is -2.31. The second kappa shape index (κ2) is 8.62. The molecule has 1 aromatic carbocycles. The van der Waals surface area contributed by atoms with Gasteiger partial charge in [-0.05, 0) is 31.9 Å². The summed E-state index contributed by atoms with van der Waals surface area (Å²) in [5, 5.41) is 2.28. The Hall–Kier alpha value is -2.58. The molecule has 2 aliphatic rings. The molecule has 0 spiro atoms. The SMILES string of the molecule is Cc1cc(C)c(N2C(=O)NC(=O)[C@@H](C=NCCN3CCOCC3)C2=O)c(C)c1. The van der Waals surface area contributed by atoms with Crippen molar-refractivity contribution in [1.29, 1.82) is 0 Å². The van der Waals surface area contributed by atoms with Crippen LogP contribution in [0.25, 0.3) is 0 Å². The molecule has 0 aliphatic carbocycles. The van der Waals surface area contributed by atoms with Gasteiger partial charge in [-0.1, -0.05) is 17.7 Å². The van der Waals surface area contributed by atoms with Crippen LogP contribution in [-0.4, -0.2) is 68.4 Å². The number of ether oxygens (including phenoxy) is 1. The van der Waals surface area contributed by atoms with Gasteiger partial charge in [0.1, 0.15) is 0 Å². The number of anilines is 1. The first kappa shape index (κ1) is 20.2. The van der Waals surface area contributed by atoms with Gasteiger partial charge in [-0.2, -0.15) is 0 Å². The number of barbiturate groups is 1. The first-order valence-corrected chi connectivity index (χ1v) is 9.45. The summed E-state index contributed by atoms with van der Waals surface area (Å²) in [6.45, 7) is 9.98. The third kappa shape index (κ3) is 4.28. The summed E-state index contributed by atoms with van der Waals surface area (Å²) in [6, 6.07) is 3.10. The number of amides is 4. The number of hydrogen-bond donors (Lipinski definition) is 1. The van der Waals surface area contributed by atoms with Crippen molar-refractivity contribution < 1.29 is 19.1 Å². The van der Waals surface area contributed by atoms with Gasteiger partial charge in [-0.3, -0.25) is 24.8 Å². The number of aliphatic imine (C=N–C) groups is 1. The summed E-state index contributed by atoms with van der Waals surface area (Å²) >= 11 is 0. The van der Waals surface area contributed by atoms with Gasteiger partial charge in [0.05, 0.1) is 25.4 Å². The molecule has 1 aromatic rings. The van der Waals surface area contributed by atoms with E-state index in [9.17, 15) is 14.4 Å². The number of nitrogens with zero attached hydrogens (tertiary/aromatic N) is 3. The van der Waals surface area contributed by atoms with E-state index in [1.54, 1.807) is 0 Å². The summed E-state index contributed by atoms with van der Waals surface area (Å²) in [4.78, 5) is 45.1. The van der Waals surface area contributed by atoms with Gasteiger partial charge in [-0.15, -0.1) is 0 Å². The minimum Gasteiger partial charge on any atom is -0.379 e. The van der Waals surface area contributed by atoms with Crippen molar-refractivity contribution in [3.63, 3.8) is 0 Å². The Balaban J connectivity index is 1.74. The van der Waals surface area contributed by atoms with E-state index in [2.05, 4.69) is 15.2 Å². The summed E-state index contributed by atoms with van der Waals surface area (Å²) in [5.74, 6) is -2.31. The van der Waals surface area contributed by atoms with Crippen LogP contribution >= 0.6 is 0 Å². The van der Waals surface area contributed by atoms with Crippen molar-refractivity contribution in [2.75, 3.05) is 44.3 Å². The Labute approximate surface area is 164 Å². The van der Waals surface area contributed by atoms with Crippen molar-refractivity contribution in [2.45, 2.75) is 20.8 Å². The zero-order chi connectivity index (χ0) is 20.3. The van der Waals surface area contributed by atoms with Crippen LogP contribution in [0, 0.1) is 26.7 Å². The highest BCUT2D eigenvalue weighted by atomic mass is 16.5. The summed E-state index contributed by atoms with van der Waals surface area (Å²) in [6.07, 6.45) is 1.36. The van der Waals surface area contributed by atoms with Crippen molar-refractivity contribution in [1.82, 2.24) is 10.2 Å². The van der Waals surface area contributed by atoms with Crippen LogP contribution in [0.5, 0.6) is 0 Å². The molecular weight excluding hydrogens is 360 g/mol. The molecule has 0 radical (unpaired) electrons. The molecule has 4 amide bonds. The van der Waals surface area contributed by atoms with Gasteiger partial charge in [0.25, 0.3) is 5.91 Å². The zero-order valence-electron chi connectivity index (χ0n) is 16.5. The standard InChI is InChI=1S/C20H26N4O4/c1-13-10-14(2)17(15(3)11-13)24-19(26)16(18(25)22-20(24)27)12-21-4-5-23-6-8-28-9-7-23/h10-12,16H,4-9H2,1-3H3,(H,22,25,27)/t16-/m1/s1. The topological polar surface area (TPSA) is 91.3 Å². The second-order valence-corrected chi connectivity index (χ2v) is 7.20. The lowest BCUT2D eigenvalue weighted by atomic mass is 10.0. The molecule has 3 rings (SSSR count). The molecule has 0 unspecified atom stereocenters. The Morgan fingerprint density at radius 3 is 2.43 bits per heavy atom. The maximum Gasteiger partial charge on any atom is 0.335 e. The number of morpholine rings is 1. The molecule has 2 aliphatic heterocycles. The molecule has 2 fully saturated rings. The molecular formula is C20H26N4O4. The molecule has 2 saturated heterocycles. The van der Waals surface area contributed by atoms with Crippen LogP contribution < -0.4 is 10.2 Å². The van der Waals surface area contributed by atoms with Crippen LogP contribution in [0.4, 0.5) is 10.5 Å². The van der Waals surface area contributed by atoms with Gasteiger partial charge in [0.2, 0.25) is 5.91 Å². The number of urea groups is 1. The number of hydrogen-bond acceptors (Lipinski definition) is 6. The number of benzene rings is 1. The lowest BCUT2D eigenvalue weighted by Crippen LogP contribution is -2.59. The van der Waals surface area contributed by atoms with Gasteiger partial charge < -0.3 is 4.74 Å². The van der Waals surface area contributed by atoms with Gasteiger partial charge >= 0.3 is 6.03 Å². The predicted octanol–water partition coefficient (Wildman–Crippen LogP) is 1.21. The number of carbonyl (C=O) groups is 3. The number of aryl methyl sites for hydroxylation is 3. The van der Waals surface area contributed by atoms with E-state index in [1.165, 1.54) is 6.21 Å². The molecule has 0 saturated carbocycles. The van der Waals surface area contributed by atoms with Gasteiger partial charge in [0.15, 0.2) is 5.92 Å². The molecule has 8 nitrogen and oxygen atoms in total. The monoisotopic (exact) mass is 386 g/mol. The molecule has 28 heavy (non-hydrogen) atoms. The summed E-state index contributed by atoms with van der Waals surface area (Å²) in [5.41, 5.74) is 3.17. The molecule has 150 valence electrons. The van der Waals surface area contributed by atoms with Crippen LogP contribution in [0.3, 0.4) is 0 Å². The highest BCUT2D eigenvalue weighted by molar-refractivity contribution is 6.32. The number of imide groups is 2. The fourth-order valence-electron chi connectivity index (χ4n) is 3.66. The van der Waals surface area contributed by atoms with Gasteiger partial charge in [0, 0.05) is 25.8 Å². The summed E-state index contributed by atoms with van der Waals surface area (Å²) < 4.78 is 5.30.